The standard InChI is InChI=1S/C11H19N3/c1-3-8-9(13-14-10(8)12)4-5-11(2)6-7-11/h3-7H2,1-2H3,(H3,12,13,14). The summed E-state index contributed by atoms with van der Waals surface area (Å²) in [5.41, 5.74) is 8.85. The molecule has 0 aliphatic heterocycles. The minimum atomic E-state index is 0.616. The van der Waals surface area contributed by atoms with Gasteiger partial charge in [0.05, 0.1) is 0 Å². The molecule has 1 aromatic heterocycles. The normalized spacial score (nSPS) is 18.4. The summed E-state index contributed by atoms with van der Waals surface area (Å²) in [5, 5.41) is 7.11. The Morgan fingerprint density at radius 3 is 2.79 bits per heavy atom. The zero-order valence-corrected chi connectivity index (χ0v) is 9.06. The van der Waals surface area contributed by atoms with Crippen LogP contribution in [0.1, 0.15) is 44.4 Å². The van der Waals surface area contributed by atoms with Gasteiger partial charge in [-0.1, -0.05) is 13.8 Å². The predicted octanol–water partition coefficient (Wildman–Crippen LogP) is 2.29. The Morgan fingerprint density at radius 1 is 1.50 bits per heavy atom. The summed E-state index contributed by atoms with van der Waals surface area (Å²) in [7, 11) is 0. The SMILES string of the molecule is CCc1c(N)n[nH]c1CCC1(C)CC1. The minimum absolute atomic E-state index is 0.616. The summed E-state index contributed by atoms with van der Waals surface area (Å²) in [6.07, 6.45) is 6.12. The highest BCUT2D eigenvalue weighted by molar-refractivity contribution is 5.42. The van der Waals surface area contributed by atoms with Crippen LogP contribution in [0.2, 0.25) is 0 Å². The van der Waals surface area contributed by atoms with Crippen LogP contribution in [0.5, 0.6) is 0 Å². The lowest BCUT2D eigenvalue weighted by molar-refractivity contribution is 0.513. The van der Waals surface area contributed by atoms with Gasteiger partial charge in [-0.05, 0) is 37.5 Å². The van der Waals surface area contributed by atoms with Gasteiger partial charge in [0.1, 0.15) is 5.82 Å². The van der Waals surface area contributed by atoms with E-state index in [0.717, 1.165) is 12.8 Å². The highest BCUT2D eigenvalue weighted by atomic mass is 15.2. The first-order chi connectivity index (χ1) is 6.64. The van der Waals surface area contributed by atoms with Gasteiger partial charge in [0, 0.05) is 11.3 Å². The van der Waals surface area contributed by atoms with E-state index in [1.165, 1.54) is 30.5 Å². The van der Waals surface area contributed by atoms with Crippen LogP contribution in [-0.4, -0.2) is 10.2 Å². The van der Waals surface area contributed by atoms with E-state index in [1.54, 1.807) is 0 Å². The molecule has 1 aliphatic carbocycles. The number of nitrogens with two attached hydrogens (primary N) is 1. The number of aryl methyl sites for hydroxylation is 1. The Hall–Kier alpha value is -0.990. The van der Waals surface area contributed by atoms with E-state index < -0.39 is 0 Å². The van der Waals surface area contributed by atoms with Crippen LogP contribution in [0, 0.1) is 5.41 Å². The molecular weight excluding hydrogens is 174 g/mol. The van der Waals surface area contributed by atoms with Gasteiger partial charge in [0.25, 0.3) is 0 Å². The third-order valence-corrected chi connectivity index (χ3v) is 3.42. The van der Waals surface area contributed by atoms with E-state index in [0.29, 0.717) is 11.2 Å². The van der Waals surface area contributed by atoms with E-state index in [4.69, 9.17) is 5.73 Å². The summed E-state index contributed by atoms with van der Waals surface area (Å²) >= 11 is 0. The average molecular weight is 193 g/mol. The Morgan fingerprint density at radius 2 is 2.21 bits per heavy atom. The lowest BCUT2D eigenvalue weighted by Gasteiger charge is -2.07. The van der Waals surface area contributed by atoms with Gasteiger partial charge in [0.15, 0.2) is 0 Å². The second-order valence-corrected chi connectivity index (χ2v) is 4.73. The molecule has 14 heavy (non-hydrogen) atoms. The summed E-state index contributed by atoms with van der Waals surface area (Å²) in [5.74, 6) is 0.684. The third kappa shape index (κ3) is 1.76. The van der Waals surface area contributed by atoms with Crippen molar-refractivity contribution in [3.05, 3.63) is 11.3 Å². The Bertz CT molecular complexity index is 323. The number of hydrogen-bond donors (Lipinski definition) is 2. The maximum atomic E-state index is 5.76. The molecule has 1 fully saturated rings. The van der Waals surface area contributed by atoms with Crippen molar-refractivity contribution in [3.63, 3.8) is 0 Å². The molecule has 1 heterocycles. The molecule has 0 aromatic carbocycles. The predicted molar refractivity (Wildman–Crippen MR) is 58.0 cm³/mol. The fourth-order valence-corrected chi connectivity index (χ4v) is 1.91. The molecule has 0 unspecified atom stereocenters. The quantitative estimate of drug-likeness (QED) is 0.770. The second-order valence-electron chi connectivity index (χ2n) is 4.73. The van der Waals surface area contributed by atoms with Crippen molar-refractivity contribution in [2.45, 2.75) is 46.0 Å². The largest absolute Gasteiger partial charge is 0.382 e. The van der Waals surface area contributed by atoms with Gasteiger partial charge in [0.2, 0.25) is 0 Å². The summed E-state index contributed by atoms with van der Waals surface area (Å²) in [4.78, 5) is 0. The molecule has 0 atom stereocenters. The van der Waals surface area contributed by atoms with Gasteiger partial charge in [-0.3, -0.25) is 5.10 Å². The van der Waals surface area contributed by atoms with Crippen LogP contribution in [0.3, 0.4) is 0 Å². The molecule has 1 saturated carbocycles. The topological polar surface area (TPSA) is 54.7 Å². The molecular formula is C11H19N3. The van der Waals surface area contributed by atoms with Crippen molar-refractivity contribution in [1.29, 1.82) is 0 Å². The number of hydrogen-bond acceptors (Lipinski definition) is 2. The molecule has 0 amide bonds. The van der Waals surface area contributed by atoms with Crippen LogP contribution in [0.15, 0.2) is 0 Å². The average Bonchev–Trinajstić information content (AvgIpc) is 2.78. The molecule has 0 radical (unpaired) electrons. The lowest BCUT2D eigenvalue weighted by atomic mass is 9.99. The summed E-state index contributed by atoms with van der Waals surface area (Å²) < 4.78 is 0. The number of aromatic nitrogens is 2. The zero-order valence-electron chi connectivity index (χ0n) is 9.06. The smallest absolute Gasteiger partial charge is 0.148 e. The van der Waals surface area contributed by atoms with Crippen molar-refractivity contribution in [2.24, 2.45) is 5.41 Å². The number of anilines is 1. The molecule has 3 N–H and O–H groups in total. The van der Waals surface area contributed by atoms with Crippen LogP contribution in [0.25, 0.3) is 0 Å². The number of nitrogen functional groups attached to an aromatic ring is 1. The number of nitrogens with one attached hydrogen (secondary N) is 1. The molecule has 0 saturated heterocycles. The van der Waals surface area contributed by atoms with E-state index in [1.807, 2.05) is 0 Å². The highest BCUT2D eigenvalue weighted by Gasteiger charge is 2.36. The molecule has 0 bridgehead atoms. The number of aromatic amines is 1. The van der Waals surface area contributed by atoms with Gasteiger partial charge >= 0.3 is 0 Å². The number of nitrogens with zero attached hydrogens (tertiary/aromatic N) is 1. The summed E-state index contributed by atoms with van der Waals surface area (Å²) in [6, 6.07) is 0. The summed E-state index contributed by atoms with van der Waals surface area (Å²) in [6.45, 7) is 4.49. The van der Waals surface area contributed by atoms with Crippen molar-refractivity contribution in [2.75, 3.05) is 5.73 Å². The van der Waals surface area contributed by atoms with Crippen molar-refractivity contribution in [1.82, 2.24) is 10.2 Å². The molecule has 2 rings (SSSR count). The minimum Gasteiger partial charge on any atom is -0.382 e. The van der Waals surface area contributed by atoms with Gasteiger partial charge in [-0.25, -0.2) is 0 Å². The van der Waals surface area contributed by atoms with E-state index in [9.17, 15) is 0 Å². The van der Waals surface area contributed by atoms with Gasteiger partial charge < -0.3 is 5.73 Å². The lowest BCUT2D eigenvalue weighted by Crippen LogP contribution is -1.99. The van der Waals surface area contributed by atoms with Crippen molar-refractivity contribution >= 4 is 5.82 Å². The van der Waals surface area contributed by atoms with Crippen LogP contribution in [-0.2, 0) is 12.8 Å². The Kier molecular flexibility index (Phi) is 2.25. The zero-order chi connectivity index (χ0) is 10.2. The fourth-order valence-electron chi connectivity index (χ4n) is 1.91. The van der Waals surface area contributed by atoms with Gasteiger partial charge in [-0.2, -0.15) is 5.10 Å². The first kappa shape index (κ1) is 9.56. The monoisotopic (exact) mass is 193 g/mol. The molecule has 1 aliphatic rings. The number of rotatable bonds is 4. The van der Waals surface area contributed by atoms with E-state index in [2.05, 4.69) is 24.0 Å². The maximum Gasteiger partial charge on any atom is 0.148 e. The number of H-pyrrole nitrogens is 1. The van der Waals surface area contributed by atoms with Crippen molar-refractivity contribution < 1.29 is 0 Å². The second kappa shape index (κ2) is 3.30. The first-order valence-electron chi connectivity index (χ1n) is 5.46. The van der Waals surface area contributed by atoms with E-state index >= 15 is 0 Å². The highest BCUT2D eigenvalue weighted by Crippen LogP contribution is 2.48. The molecule has 1 aromatic rings. The van der Waals surface area contributed by atoms with E-state index in [-0.39, 0.29) is 0 Å². The maximum absolute atomic E-state index is 5.76. The third-order valence-electron chi connectivity index (χ3n) is 3.42. The Balaban J connectivity index is 2.01. The fraction of sp³-hybridized carbons (Fsp3) is 0.727. The Labute approximate surface area is 85.1 Å². The van der Waals surface area contributed by atoms with Gasteiger partial charge in [-0.15, -0.1) is 0 Å². The first-order valence-corrected chi connectivity index (χ1v) is 5.46. The molecule has 0 spiro atoms. The molecule has 3 heteroatoms. The van der Waals surface area contributed by atoms with Crippen LogP contribution >= 0.6 is 0 Å². The molecule has 78 valence electrons. The van der Waals surface area contributed by atoms with Crippen LogP contribution in [0.4, 0.5) is 5.82 Å². The van der Waals surface area contributed by atoms with Crippen molar-refractivity contribution in [3.8, 4) is 0 Å². The van der Waals surface area contributed by atoms with Crippen LogP contribution < -0.4 is 5.73 Å². The molecule has 3 nitrogen and oxygen atoms in total.